The highest BCUT2D eigenvalue weighted by atomic mass is 32.2. The number of piperidine rings is 1. The smallest absolute Gasteiger partial charge is 0.257 e. The number of nitrogens with zero attached hydrogens (tertiary/aromatic N) is 2. The second-order valence-electron chi connectivity index (χ2n) is 6.42. The van der Waals surface area contributed by atoms with Crippen molar-refractivity contribution in [1.29, 1.82) is 0 Å². The summed E-state index contributed by atoms with van der Waals surface area (Å²) >= 11 is 0. The predicted molar refractivity (Wildman–Crippen MR) is 101 cm³/mol. The number of primary amides is 1. The van der Waals surface area contributed by atoms with Crippen molar-refractivity contribution in [2.24, 2.45) is 11.7 Å². The van der Waals surface area contributed by atoms with Gasteiger partial charge >= 0.3 is 0 Å². The molecule has 0 spiro atoms. The third-order valence-electron chi connectivity index (χ3n) is 4.93. The van der Waals surface area contributed by atoms with E-state index in [0.29, 0.717) is 44.8 Å². The van der Waals surface area contributed by atoms with Crippen LogP contribution < -0.4 is 10.5 Å². The number of rotatable bonds is 7. The van der Waals surface area contributed by atoms with E-state index in [1.165, 1.54) is 29.6 Å². The highest BCUT2D eigenvalue weighted by molar-refractivity contribution is 7.89. The Bertz CT molecular complexity index is 797. The molecule has 1 aliphatic heterocycles. The number of nitrogens with two attached hydrogens (primary N) is 1. The van der Waals surface area contributed by atoms with Gasteiger partial charge in [-0.1, -0.05) is 13.8 Å². The molecular weight excluding hydrogens is 370 g/mol. The van der Waals surface area contributed by atoms with Crippen molar-refractivity contribution in [3.8, 4) is 5.75 Å². The zero-order chi connectivity index (χ0) is 20.2. The number of benzene rings is 1. The lowest BCUT2D eigenvalue weighted by Gasteiger charge is -2.31. The first-order valence-electron chi connectivity index (χ1n) is 9.03. The predicted octanol–water partition coefficient (Wildman–Crippen LogP) is 1.06. The molecule has 1 saturated heterocycles. The minimum absolute atomic E-state index is 0.0578. The SMILES string of the molecule is CCN(CC)S(=O)(=O)c1ccc(OC)c(C(=O)N2CCC(C(N)=O)CC2)c1. The van der Waals surface area contributed by atoms with E-state index >= 15 is 0 Å². The van der Waals surface area contributed by atoms with Crippen LogP contribution in [-0.2, 0) is 14.8 Å². The lowest BCUT2D eigenvalue weighted by atomic mass is 9.96. The van der Waals surface area contributed by atoms with Crippen LogP contribution in [0.2, 0.25) is 0 Å². The molecule has 8 nitrogen and oxygen atoms in total. The molecule has 0 bridgehead atoms. The third kappa shape index (κ3) is 4.41. The van der Waals surface area contributed by atoms with Crippen molar-refractivity contribution in [3.63, 3.8) is 0 Å². The van der Waals surface area contributed by atoms with Crippen molar-refractivity contribution in [1.82, 2.24) is 9.21 Å². The van der Waals surface area contributed by atoms with E-state index in [1.54, 1.807) is 18.7 Å². The lowest BCUT2D eigenvalue weighted by molar-refractivity contribution is -0.123. The van der Waals surface area contributed by atoms with Gasteiger partial charge in [0.05, 0.1) is 17.6 Å². The van der Waals surface area contributed by atoms with Crippen LogP contribution in [0.3, 0.4) is 0 Å². The van der Waals surface area contributed by atoms with Crippen LogP contribution >= 0.6 is 0 Å². The summed E-state index contributed by atoms with van der Waals surface area (Å²) in [6.07, 6.45) is 1.00. The van der Waals surface area contributed by atoms with Crippen molar-refractivity contribution < 1.29 is 22.7 Å². The Morgan fingerprint density at radius 1 is 1.22 bits per heavy atom. The lowest BCUT2D eigenvalue weighted by Crippen LogP contribution is -2.41. The van der Waals surface area contributed by atoms with Crippen molar-refractivity contribution >= 4 is 21.8 Å². The minimum Gasteiger partial charge on any atom is -0.496 e. The van der Waals surface area contributed by atoms with E-state index < -0.39 is 10.0 Å². The normalized spacial score (nSPS) is 15.8. The van der Waals surface area contributed by atoms with E-state index in [-0.39, 0.29) is 28.2 Å². The molecule has 2 rings (SSSR count). The minimum atomic E-state index is -3.69. The van der Waals surface area contributed by atoms with Gasteiger partial charge in [0, 0.05) is 32.1 Å². The molecule has 0 saturated carbocycles. The Labute approximate surface area is 160 Å². The summed E-state index contributed by atoms with van der Waals surface area (Å²) in [6, 6.07) is 4.32. The van der Waals surface area contributed by atoms with Gasteiger partial charge in [0.25, 0.3) is 5.91 Å². The molecule has 1 aromatic rings. The molecule has 150 valence electrons. The first-order valence-corrected chi connectivity index (χ1v) is 10.5. The van der Waals surface area contributed by atoms with E-state index in [2.05, 4.69) is 0 Å². The molecule has 1 aromatic carbocycles. The molecule has 2 amide bonds. The van der Waals surface area contributed by atoms with E-state index in [1.807, 2.05) is 0 Å². The van der Waals surface area contributed by atoms with Crippen molar-refractivity contribution in [2.45, 2.75) is 31.6 Å². The Morgan fingerprint density at radius 3 is 2.30 bits per heavy atom. The fraction of sp³-hybridized carbons (Fsp3) is 0.556. The zero-order valence-electron chi connectivity index (χ0n) is 16.0. The van der Waals surface area contributed by atoms with Crippen LogP contribution in [-0.4, -0.2) is 62.7 Å². The molecule has 0 aliphatic carbocycles. The Balaban J connectivity index is 2.33. The van der Waals surface area contributed by atoms with Gasteiger partial charge in [0.15, 0.2) is 0 Å². The van der Waals surface area contributed by atoms with Crippen molar-refractivity contribution in [3.05, 3.63) is 23.8 Å². The topological polar surface area (TPSA) is 110 Å². The molecule has 0 aromatic heterocycles. The first kappa shape index (κ1) is 21.2. The average molecular weight is 397 g/mol. The molecule has 0 atom stereocenters. The summed E-state index contributed by atoms with van der Waals surface area (Å²) < 4.78 is 32.1. The van der Waals surface area contributed by atoms with Crippen LogP contribution in [0.15, 0.2) is 23.1 Å². The third-order valence-corrected chi connectivity index (χ3v) is 6.97. The summed E-state index contributed by atoms with van der Waals surface area (Å²) in [5.74, 6) is -0.584. The number of hydrogen-bond donors (Lipinski definition) is 1. The maximum atomic E-state index is 13.0. The molecule has 2 N–H and O–H groups in total. The van der Waals surface area contributed by atoms with Crippen LogP contribution in [0, 0.1) is 5.92 Å². The molecule has 1 heterocycles. The van der Waals surface area contributed by atoms with Gasteiger partial charge in [-0.05, 0) is 31.0 Å². The highest BCUT2D eigenvalue weighted by Gasteiger charge is 2.29. The number of ether oxygens (including phenoxy) is 1. The van der Waals surface area contributed by atoms with Crippen LogP contribution in [0.5, 0.6) is 5.75 Å². The Morgan fingerprint density at radius 2 is 1.81 bits per heavy atom. The van der Waals surface area contributed by atoms with Gasteiger partial charge in [0.1, 0.15) is 5.75 Å². The number of sulfonamides is 1. The first-order chi connectivity index (χ1) is 12.8. The van der Waals surface area contributed by atoms with Gasteiger partial charge in [0.2, 0.25) is 15.9 Å². The maximum absolute atomic E-state index is 13.0. The summed E-state index contributed by atoms with van der Waals surface area (Å²) in [5, 5.41) is 0. The summed E-state index contributed by atoms with van der Waals surface area (Å²) in [5.41, 5.74) is 5.53. The number of carbonyl (C=O) groups excluding carboxylic acids is 2. The van der Waals surface area contributed by atoms with Crippen LogP contribution in [0.25, 0.3) is 0 Å². The maximum Gasteiger partial charge on any atom is 0.257 e. The van der Waals surface area contributed by atoms with Crippen molar-refractivity contribution in [2.75, 3.05) is 33.3 Å². The number of hydrogen-bond acceptors (Lipinski definition) is 5. The summed E-state index contributed by atoms with van der Waals surface area (Å²) in [4.78, 5) is 25.9. The van der Waals surface area contributed by atoms with Gasteiger partial charge in [-0.25, -0.2) is 8.42 Å². The Hall–Kier alpha value is -2.13. The summed E-state index contributed by atoms with van der Waals surface area (Å²) in [7, 11) is -2.25. The monoisotopic (exact) mass is 397 g/mol. The highest BCUT2D eigenvalue weighted by Crippen LogP contribution is 2.27. The molecule has 9 heteroatoms. The second-order valence-corrected chi connectivity index (χ2v) is 8.36. The standard InChI is InChI=1S/C18H27N3O5S/c1-4-21(5-2)27(24,25)14-6-7-16(26-3)15(12-14)18(23)20-10-8-13(9-11-20)17(19)22/h6-7,12-13H,4-5,8-11H2,1-3H3,(H2,19,22). The number of amides is 2. The molecule has 27 heavy (non-hydrogen) atoms. The summed E-state index contributed by atoms with van der Waals surface area (Å²) in [6.45, 7) is 4.99. The Kier molecular flexibility index (Phi) is 6.83. The molecular formula is C18H27N3O5S. The molecule has 1 aliphatic rings. The number of carbonyl (C=O) groups is 2. The fourth-order valence-corrected chi connectivity index (χ4v) is 4.75. The number of methoxy groups -OCH3 is 1. The van der Waals surface area contributed by atoms with Gasteiger partial charge < -0.3 is 15.4 Å². The molecule has 0 unspecified atom stereocenters. The second kappa shape index (κ2) is 8.71. The average Bonchev–Trinajstić information content (AvgIpc) is 2.67. The van der Waals surface area contributed by atoms with E-state index in [0.717, 1.165) is 0 Å². The van der Waals surface area contributed by atoms with Crippen LogP contribution in [0.1, 0.15) is 37.0 Å². The van der Waals surface area contributed by atoms with Gasteiger partial charge in [-0.15, -0.1) is 0 Å². The quantitative estimate of drug-likeness (QED) is 0.740. The largest absolute Gasteiger partial charge is 0.496 e. The van der Waals surface area contributed by atoms with E-state index in [9.17, 15) is 18.0 Å². The van der Waals surface area contributed by atoms with Gasteiger partial charge in [-0.3, -0.25) is 9.59 Å². The van der Waals surface area contributed by atoms with E-state index in [4.69, 9.17) is 10.5 Å². The van der Waals surface area contributed by atoms with Crippen LogP contribution in [0.4, 0.5) is 0 Å². The number of likely N-dealkylation sites (tertiary alicyclic amines) is 1. The van der Waals surface area contributed by atoms with Gasteiger partial charge in [-0.2, -0.15) is 4.31 Å². The molecule has 1 fully saturated rings. The molecule has 0 radical (unpaired) electrons. The fourth-order valence-electron chi connectivity index (χ4n) is 3.26. The zero-order valence-corrected chi connectivity index (χ0v) is 16.8.